The lowest BCUT2D eigenvalue weighted by Gasteiger charge is -2.19. The van der Waals surface area contributed by atoms with Gasteiger partial charge in [-0.15, -0.1) is 43.6 Å². The Morgan fingerprint density at radius 3 is 2.74 bits per heavy atom. The minimum atomic E-state index is 0. The van der Waals surface area contributed by atoms with Crippen LogP contribution in [0.4, 0.5) is 5.69 Å². The smallest absolute Gasteiger partial charge is 0.0565 e. The first-order valence-electron chi connectivity index (χ1n) is 5.77. The van der Waals surface area contributed by atoms with Gasteiger partial charge in [-0.3, -0.25) is 4.98 Å². The second-order valence-electron chi connectivity index (χ2n) is 4.59. The van der Waals surface area contributed by atoms with Crippen LogP contribution in [0.5, 0.6) is 0 Å². The van der Waals surface area contributed by atoms with Gasteiger partial charge >= 0.3 is 0 Å². The van der Waals surface area contributed by atoms with Gasteiger partial charge in [-0.25, -0.2) is 0 Å². The average Bonchev–Trinajstić information content (AvgIpc) is 2.89. The first-order valence-corrected chi connectivity index (χ1v) is 5.77. The highest BCUT2D eigenvalue weighted by atomic mass is 35.5. The summed E-state index contributed by atoms with van der Waals surface area (Å²) in [5.41, 5.74) is 2.02. The molecule has 2 aliphatic rings. The highest BCUT2D eigenvalue weighted by Crippen LogP contribution is 2.28. The molecule has 2 saturated heterocycles. The maximum atomic E-state index is 5.39. The Bertz CT molecular complexity index is 435. The van der Waals surface area contributed by atoms with E-state index in [9.17, 15) is 0 Å². The summed E-state index contributed by atoms with van der Waals surface area (Å²) >= 11 is 0. The van der Waals surface area contributed by atoms with Gasteiger partial charge in [0.1, 0.15) is 0 Å². The molecule has 0 radical (unpaired) electrons. The number of nitrogens with zero attached hydrogens (tertiary/aromatic N) is 2. The molecule has 3 heterocycles. The summed E-state index contributed by atoms with van der Waals surface area (Å²) in [6.45, 7) is 3.39. The number of aromatic nitrogens is 1. The van der Waals surface area contributed by atoms with Crippen molar-refractivity contribution in [2.24, 2.45) is 5.92 Å². The van der Waals surface area contributed by atoms with Crippen molar-refractivity contribution in [3.05, 3.63) is 24.0 Å². The second kappa shape index (κ2) is 7.81. The minimum absolute atomic E-state index is 0. The van der Waals surface area contributed by atoms with Crippen LogP contribution in [0.3, 0.4) is 0 Å². The summed E-state index contributed by atoms with van der Waals surface area (Å²) in [5, 5.41) is 3.54. The van der Waals surface area contributed by atoms with Gasteiger partial charge < -0.3 is 10.2 Å². The summed E-state index contributed by atoms with van der Waals surface area (Å²) < 4.78 is 0. The summed E-state index contributed by atoms with van der Waals surface area (Å²) in [5.74, 6) is 3.44. The fraction of sp³-hybridized carbons (Fsp3) is 0.462. The van der Waals surface area contributed by atoms with E-state index < -0.39 is 0 Å². The molecule has 3 nitrogen and oxygen atoms in total. The predicted molar refractivity (Wildman–Crippen MR) is 86.0 cm³/mol. The van der Waals surface area contributed by atoms with Crippen LogP contribution in [0, 0.1) is 18.3 Å². The summed E-state index contributed by atoms with van der Waals surface area (Å²) in [4.78, 5) is 6.57. The zero-order valence-corrected chi connectivity index (χ0v) is 12.9. The van der Waals surface area contributed by atoms with Gasteiger partial charge in [0.25, 0.3) is 0 Å². The van der Waals surface area contributed by atoms with Crippen molar-refractivity contribution < 1.29 is 0 Å². The van der Waals surface area contributed by atoms with E-state index in [1.165, 1.54) is 13.0 Å². The Morgan fingerprint density at radius 2 is 2.05 bits per heavy atom. The predicted octanol–water partition coefficient (Wildman–Crippen LogP) is 2.13. The standard InChI is InChI=1S/C13H15N3.3ClH/c1-2-10-5-12(7-14-6-10)16-8-11-3-4-15-13(11)9-16;;;/h1,5-7,11,13,15H,3-4,8-9H2;3*1H/t11-,13+;;;/m1.../s1. The number of hydrogen-bond donors (Lipinski definition) is 1. The Morgan fingerprint density at radius 1 is 1.26 bits per heavy atom. The minimum Gasteiger partial charge on any atom is -0.368 e. The van der Waals surface area contributed by atoms with Crippen LogP contribution in [0.1, 0.15) is 12.0 Å². The molecule has 0 saturated carbocycles. The van der Waals surface area contributed by atoms with Crippen molar-refractivity contribution >= 4 is 42.9 Å². The van der Waals surface area contributed by atoms with E-state index in [4.69, 9.17) is 6.42 Å². The molecule has 6 heteroatoms. The molecule has 2 aliphatic heterocycles. The number of hydrogen-bond acceptors (Lipinski definition) is 3. The van der Waals surface area contributed by atoms with E-state index >= 15 is 0 Å². The van der Waals surface area contributed by atoms with E-state index in [1.54, 1.807) is 6.20 Å². The van der Waals surface area contributed by atoms with Gasteiger partial charge in [-0.2, -0.15) is 0 Å². The van der Waals surface area contributed by atoms with Crippen LogP contribution in [0.25, 0.3) is 0 Å². The number of nitrogens with one attached hydrogen (secondary N) is 1. The van der Waals surface area contributed by atoms with Crippen LogP contribution in [0.2, 0.25) is 0 Å². The largest absolute Gasteiger partial charge is 0.368 e. The molecule has 19 heavy (non-hydrogen) atoms. The topological polar surface area (TPSA) is 28.2 Å². The number of rotatable bonds is 1. The Hall–Kier alpha value is -0.660. The highest BCUT2D eigenvalue weighted by molar-refractivity contribution is 5.86. The fourth-order valence-electron chi connectivity index (χ4n) is 2.74. The van der Waals surface area contributed by atoms with Crippen molar-refractivity contribution in [3.63, 3.8) is 0 Å². The monoisotopic (exact) mass is 321 g/mol. The molecular weight excluding hydrogens is 305 g/mol. The molecule has 3 rings (SSSR count). The van der Waals surface area contributed by atoms with Crippen LogP contribution in [-0.2, 0) is 0 Å². The summed E-state index contributed by atoms with van der Waals surface area (Å²) in [6.07, 6.45) is 10.3. The normalized spacial score (nSPS) is 23.4. The third-order valence-corrected chi connectivity index (χ3v) is 3.62. The lowest BCUT2D eigenvalue weighted by Crippen LogP contribution is -2.30. The third kappa shape index (κ3) is 3.67. The van der Waals surface area contributed by atoms with E-state index in [0.29, 0.717) is 6.04 Å². The quantitative estimate of drug-likeness (QED) is 0.803. The van der Waals surface area contributed by atoms with Crippen molar-refractivity contribution in [2.45, 2.75) is 12.5 Å². The van der Waals surface area contributed by atoms with E-state index in [1.807, 2.05) is 12.3 Å². The molecule has 0 aromatic carbocycles. The number of pyridine rings is 1. The zero-order valence-electron chi connectivity index (χ0n) is 10.4. The van der Waals surface area contributed by atoms with E-state index in [0.717, 1.165) is 30.3 Å². The molecule has 2 atom stereocenters. The Kier molecular flexibility index (Phi) is 7.54. The molecule has 106 valence electrons. The lowest BCUT2D eigenvalue weighted by molar-refractivity contribution is 0.556. The van der Waals surface area contributed by atoms with Crippen molar-refractivity contribution in [3.8, 4) is 12.3 Å². The van der Waals surface area contributed by atoms with Gasteiger partial charge in [0, 0.05) is 30.9 Å². The molecule has 1 aromatic rings. The van der Waals surface area contributed by atoms with Crippen molar-refractivity contribution in [1.29, 1.82) is 0 Å². The first kappa shape index (κ1) is 18.3. The Balaban J connectivity index is 0.00000108. The zero-order chi connectivity index (χ0) is 11.0. The van der Waals surface area contributed by atoms with Gasteiger partial charge in [0.05, 0.1) is 11.9 Å². The van der Waals surface area contributed by atoms with Crippen molar-refractivity contribution in [2.75, 3.05) is 24.5 Å². The van der Waals surface area contributed by atoms with Crippen LogP contribution in [0.15, 0.2) is 18.5 Å². The Labute approximate surface area is 132 Å². The lowest BCUT2D eigenvalue weighted by atomic mass is 10.1. The third-order valence-electron chi connectivity index (χ3n) is 3.62. The van der Waals surface area contributed by atoms with Gasteiger partial charge in [0.2, 0.25) is 0 Å². The molecule has 0 bridgehead atoms. The van der Waals surface area contributed by atoms with Gasteiger partial charge in [0.15, 0.2) is 0 Å². The molecule has 0 unspecified atom stereocenters. The molecule has 1 aromatic heterocycles. The molecule has 0 amide bonds. The van der Waals surface area contributed by atoms with Crippen LogP contribution >= 0.6 is 37.2 Å². The highest BCUT2D eigenvalue weighted by Gasteiger charge is 2.35. The SMILES string of the molecule is C#Cc1cncc(N2C[C@H]3CCN[C@H]3C2)c1.Cl.Cl.Cl. The molecule has 0 spiro atoms. The maximum Gasteiger partial charge on any atom is 0.0565 e. The number of terminal acetylenes is 1. The van der Waals surface area contributed by atoms with Gasteiger partial charge in [-0.05, 0) is 24.9 Å². The molecule has 2 fully saturated rings. The van der Waals surface area contributed by atoms with Crippen molar-refractivity contribution in [1.82, 2.24) is 10.3 Å². The fourth-order valence-corrected chi connectivity index (χ4v) is 2.74. The molecule has 1 N–H and O–H groups in total. The summed E-state index contributed by atoms with van der Waals surface area (Å²) in [6, 6.07) is 2.71. The van der Waals surface area contributed by atoms with Gasteiger partial charge in [-0.1, -0.05) is 5.92 Å². The first-order chi connectivity index (χ1) is 7.86. The molecule has 0 aliphatic carbocycles. The number of anilines is 1. The second-order valence-corrected chi connectivity index (χ2v) is 4.59. The average molecular weight is 323 g/mol. The van der Waals surface area contributed by atoms with Crippen LogP contribution < -0.4 is 10.2 Å². The van der Waals surface area contributed by atoms with E-state index in [2.05, 4.69) is 21.1 Å². The summed E-state index contributed by atoms with van der Waals surface area (Å²) in [7, 11) is 0. The maximum absolute atomic E-state index is 5.39. The number of halogens is 3. The molecular formula is C13H18Cl3N3. The van der Waals surface area contributed by atoms with Crippen LogP contribution in [-0.4, -0.2) is 30.7 Å². The van der Waals surface area contributed by atoms with E-state index in [-0.39, 0.29) is 37.2 Å². The number of fused-ring (bicyclic) bond motifs is 1.